The van der Waals surface area contributed by atoms with Crippen LogP contribution in [0.3, 0.4) is 0 Å². The van der Waals surface area contributed by atoms with E-state index in [1.807, 2.05) is 0 Å². The molecule has 0 unspecified atom stereocenters. The average Bonchev–Trinajstić information content (AvgIpc) is 3.05. The van der Waals surface area contributed by atoms with Gasteiger partial charge in [-0.15, -0.1) is 0 Å². The van der Waals surface area contributed by atoms with Crippen molar-refractivity contribution < 1.29 is 23.6 Å². The van der Waals surface area contributed by atoms with E-state index in [1.54, 1.807) is 24.3 Å². The number of nitro benzene ring substituents is 1. The second-order valence-corrected chi connectivity index (χ2v) is 5.16. The van der Waals surface area contributed by atoms with Crippen LogP contribution < -0.4 is 5.32 Å². The third-order valence-electron chi connectivity index (χ3n) is 3.43. The highest BCUT2D eigenvalue weighted by molar-refractivity contribution is 6.03. The fraction of sp³-hybridized carbons (Fsp3) is 0.0625. The van der Waals surface area contributed by atoms with Gasteiger partial charge < -0.3 is 10.1 Å². The van der Waals surface area contributed by atoms with Crippen molar-refractivity contribution in [2.24, 2.45) is 0 Å². The highest BCUT2D eigenvalue weighted by Gasteiger charge is 2.19. The minimum absolute atomic E-state index is 0.0150. The van der Waals surface area contributed by atoms with Crippen LogP contribution in [0, 0.1) is 15.9 Å². The second kappa shape index (κ2) is 6.97. The number of aromatic amines is 1. The van der Waals surface area contributed by atoms with Crippen molar-refractivity contribution in [2.45, 2.75) is 0 Å². The summed E-state index contributed by atoms with van der Waals surface area (Å²) in [7, 11) is 0. The lowest BCUT2D eigenvalue weighted by Gasteiger charge is -2.06. The molecule has 2 aromatic carbocycles. The van der Waals surface area contributed by atoms with Crippen LogP contribution >= 0.6 is 0 Å². The molecule has 0 saturated heterocycles. The minimum Gasteiger partial charge on any atom is -0.451 e. The molecule has 1 aromatic heterocycles. The average molecular weight is 358 g/mol. The first-order valence-electron chi connectivity index (χ1n) is 7.29. The lowest BCUT2D eigenvalue weighted by Crippen LogP contribution is -2.21. The number of benzene rings is 2. The SMILES string of the molecule is O=C(COC(=O)c1n[nH]c2ccccc12)Nc1ccc(F)cc1[N+](=O)[O-]. The van der Waals surface area contributed by atoms with Gasteiger partial charge in [0, 0.05) is 5.39 Å². The summed E-state index contributed by atoms with van der Waals surface area (Å²) in [6, 6.07) is 9.56. The number of hydrogen-bond acceptors (Lipinski definition) is 6. The number of H-pyrrole nitrogens is 1. The van der Waals surface area contributed by atoms with Crippen LogP contribution in [-0.4, -0.2) is 33.6 Å². The van der Waals surface area contributed by atoms with Crippen molar-refractivity contribution >= 4 is 34.2 Å². The van der Waals surface area contributed by atoms with Gasteiger partial charge >= 0.3 is 5.97 Å². The number of amides is 1. The molecule has 0 fully saturated rings. The van der Waals surface area contributed by atoms with E-state index >= 15 is 0 Å². The summed E-state index contributed by atoms with van der Waals surface area (Å²) in [5, 5.41) is 20.1. The molecule has 132 valence electrons. The summed E-state index contributed by atoms with van der Waals surface area (Å²) >= 11 is 0. The van der Waals surface area contributed by atoms with Gasteiger partial charge in [-0.3, -0.25) is 20.0 Å². The molecular weight excluding hydrogens is 347 g/mol. The first-order chi connectivity index (χ1) is 12.5. The van der Waals surface area contributed by atoms with Crippen molar-refractivity contribution in [2.75, 3.05) is 11.9 Å². The largest absolute Gasteiger partial charge is 0.451 e. The van der Waals surface area contributed by atoms with Gasteiger partial charge in [-0.25, -0.2) is 9.18 Å². The predicted octanol–water partition coefficient (Wildman–Crippen LogP) is 2.41. The molecule has 0 bridgehead atoms. The smallest absolute Gasteiger partial charge is 0.359 e. The van der Waals surface area contributed by atoms with Gasteiger partial charge in [0.15, 0.2) is 12.3 Å². The molecule has 9 nitrogen and oxygen atoms in total. The predicted molar refractivity (Wildman–Crippen MR) is 88.1 cm³/mol. The number of rotatable bonds is 5. The van der Waals surface area contributed by atoms with Crippen LogP contribution in [0.15, 0.2) is 42.5 Å². The molecule has 1 heterocycles. The number of anilines is 1. The Balaban J connectivity index is 1.66. The Kier molecular flexibility index (Phi) is 4.56. The van der Waals surface area contributed by atoms with Gasteiger partial charge in [-0.2, -0.15) is 5.10 Å². The minimum atomic E-state index is -0.833. The molecule has 0 aliphatic carbocycles. The Morgan fingerprint density at radius 2 is 2.04 bits per heavy atom. The van der Waals surface area contributed by atoms with E-state index in [-0.39, 0.29) is 11.4 Å². The highest BCUT2D eigenvalue weighted by atomic mass is 19.1. The summed E-state index contributed by atoms with van der Waals surface area (Å²) in [4.78, 5) is 34.0. The molecule has 2 N–H and O–H groups in total. The summed E-state index contributed by atoms with van der Waals surface area (Å²) in [6.07, 6.45) is 0. The van der Waals surface area contributed by atoms with E-state index in [9.17, 15) is 24.1 Å². The molecule has 3 aromatic rings. The van der Waals surface area contributed by atoms with Crippen LogP contribution in [0.5, 0.6) is 0 Å². The Hall–Kier alpha value is -3.82. The Labute approximate surface area is 144 Å². The maximum Gasteiger partial charge on any atom is 0.359 e. The first-order valence-corrected chi connectivity index (χ1v) is 7.29. The molecule has 0 atom stereocenters. The van der Waals surface area contributed by atoms with Gasteiger partial charge in [0.1, 0.15) is 11.5 Å². The van der Waals surface area contributed by atoms with Crippen LogP contribution in [-0.2, 0) is 9.53 Å². The van der Waals surface area contributed by atoms with E-state index in [4.69, 9.17) is 4.74 Å². The highest BCUT2D eigenvalue weighted by Crippen LogP contribution is 2.25. The second-order valence-electron chi connectivity index (χ2n) is 5.16. The number of para-hydroxylation sites is 1. The monoisotopic (exact) mass is 358 g/mol. The molecule has 26 heavy (non-hydrogen) atoms. The number of nitrogens with one attached hydrogen (secondary N) is 2. The van der Waals surface area contributed by atoms with E-state index in [1.165, 1.54) is 0 Å². The number of esters is 1. The topological polar surface area (TPSA) is 127 Å². The summed E-state index contributed by atoms with van der Waals surface area (Å²) in [5.41, 5.74) is -0.169. The Bertz CT molecular complexity index is 1020. The van der Waals surface area contributed by atoms with E-state index < -0.39 is 34.9 Å². The summed E-state index contributed by atoms with van der Waals surface area (Å²) in [6.45, 7) is -0.686. The maximum absolute atomic E-state index is 13.1. The number of carbonyl (C=O) groups excluding carboxylic acids is 2. The fourth-order valence-electron chi connectivity index (χ4n) is 2.27. The molecule has 10 heteroatoms. The molecule has 0 spiro atoms. The standard InChI is InChI=1S/C16H11FN4O5/c17-9-5-6-12(13(7-9)21(24)25)18-14(22)8-26-16(23)15-10-3-1-2-4-11(10)19-20-15/h1-7H,8H2,(H,18,22)(H,19,20). The van der Waals surface area contributed by atoms with E-state index in [0.29, 0.717) is 17.0 Å². The molecule has 0 radical (unpaired) electrons. The molecular formula is C16H11FN4O5. The normalized spacial score (nSPS) is 10.5. The van der Waals surface area contributed by atoms with Crippen molar-refractivity contribution in [3.8, 4) is 0 Å². The quantitative estimate of drug-likeness (QED) is 0.409. The molecule has 0 aliphatic rings. The number of ether oxygens (including phenoxy) is 1. The van der Waals surface area contributed by atoms with Gasteiger partial charge in [-0.05, 0) is 18.2 Å². The van der Waals surface area contributed by atoms with E-state index in [2.05, 4.69) is 15.5 Å². The van der Waals surface area contributed by atoms with Crippen molar-refractivity contribution in [1.29, 1.82) is 0 Å². The summed E-state index contributed by atoms with van der Waals surface area (Å²) < 4.78 is 18.0. The van der Waals surface area contributed by atoms with Crippen LogP contribution in [0.1, 0.15) is 10.5 Å². The lowest BCUT2D eigenvalue weighted by atomic mass is 10.2. The van der Waals surface area contributed by atoms with E-state index in [0.717, 1.165) is 12.1 Å². The maximum atomic E-state index is 13.1. The van der Waals surface area contributed by atoms with Crippen LogP contribution in [0.2, 0.25) is 0 Å². The first kappa shape index (κ1) is 17.0. The molecule has 1 amide bonds. The van der Waals surface area contributed by atoms with Crippen LogP contribution in [0.25, 0.3) is 10.9 Å². The summed E-state index contributed by atoms with van der Waals surface area (Å²) in [5.74, 6) is -2.45. The fourth-order valence-corrected chi connectivity index (χ4v) is 2.27. The third kappa shape index (κ3) is 3.48. The Morgan fingerprint density at radius 3 is 2.81 bits per heavy atom. The number of nitrogens with zero attached hydrogens (tertiary/aromatic N) is 2. The molecule has 3 rings (SSSR count). The Morgan fingerprint density at radius 1 is 1.27 bits per heavy atom. The van der Waals surface area contributed by atoms with Crippen LogP contribution in [0.4, 0.5) is 15.8 Å². The number of carbonyl (C=O) groups is 2. The number of aromatic nitrogens is 2. The molecule has 0 saturated carbocycles. The number of fused-ring (bicyclic) bond motifs is 1. The molecule has 0 aliphatic heterocycles. The van der Waals surface area contributed by atoms with Gasteiger partial charge in [-0.1, -0.05) is 18.2 Å². The third-order valence-corrected chi connectivity index (χ3v) is 3.43. The van der Waals surface area contributed by atoms with Gasteiger partial charge in [0.05, 0.1) is 16.5 Å². The zero-order valence-corrected chi connectivity index (χ0v) is 13.1. The number of halogens is 1. The zero-order valence-electron chi connectivity index (χ0n) is 13.1. The number of nitro groups is 1. The van der Waals surface area contributed by atoms with Crippen molar-refractivity contribution in [3.63, 3.8) is 0 Å². The number of hydrogen-bond donors (Lipinski definition) is 2. The zero-order chi connectivity index (χ0) is 18.7. The van der Waals surface area contributed by atoms with Crippen molar-refractivity contribution in [1.82, 2.24) is 10.2 Å². The lowest BCUT2D eigenvalue weighted by molar-refractivity contribution is -0.384. The van der Waals surface area contributed by atoms with Gasteiger partial charge in [0.25, 0.3) is 11.6 Å². The van der Waals surface area contributed by atoms with Gasteiger partial charge in [0.2, 0.25) is 0 Å². The van der Waals surface area contributed by atoms with Crippen molar-refractivity contribution in [3.05, 3.63) is 64.1 Å².